The number of rotatable bonds is 3. The van der Waals surface area contributed by atoms with Crippen molar-refractivity contribution in [3.8, 4) is 6.07 Å². The largest absolute Gasteiger partial charge is 0.466 e. The molecule has 1 rings (SSSR count). The number of benzene rings is 1. The molecule has 0 radical (unpaired) electrons. The van der Waals surface area contributed by atoms with Crippen LogP contribution in [0.1, 0.15) is 23.6 Å². The average molecular weight is 336 g/mol. The highest BCUT2D eigenvalue weighted by atomic mass is 79.9. The summed E-state index contributed by atoms with van der Waals surface area (Å²) in [5, 5.41) is 8.68. The molecular weight excluding hydrogens is 327 g/mol. The minimum Gasteiger partial charge on any atom is -0.466 e. The van der Waals surface area contributed by atoms with Crippen LogP contribution < -0.4 is 0 Å². The molecule has 0 aromatic heterocycles. The van der Waals surface area contributed by atoms with E-state index in [1.807, 2.05) is 0 Å². The molecule has 3 nitrogen and oxygen atoms in total. The zero-order valence-electron chi connectivity index (χ0n) is 9.84. The van der Waals surface area contributed by atoms with E-state index in [1.165, 1.54) is 6.07 Å². The Hall–Kier alpha value is -1.55. The highest BCUT2D eigenvalue weighted by Gasteiger charge is 2.35. The Morgan fingerprint density at radius 1 is 1.47 bits per heavy atom. The highest BCUT2D eigenvalue weighted by molar-refractivity contribution is 9.10. The first kappa shape index (κ1) is 15.5. The molecular formula is C12H9BrF3NO2. The quantitative estimate of drug-likeness (QED) is 0.795. The molecule has 0 heterocycles. The van der Waals surface area contributed by atoms with Crippen molar-refractivity contribution in [2.45, 2.75) is 19.5 Å². The number of nitrogens with zero attached hydrogens (tertiary/aromatic N) is 1. The summed E-state index contributed by atoms with van der Waals surface area (Å²) in [5.41, 5.74) is -1.37. The number of halogens is 4. The van der Waals surface area contributed by atoms with E-state index in [9.17, 15) is 18.0 Å². The molecule has 0 aliphatic heterocycles. The van der Waals surface area contributed by atoms with E-state index in [4.69, 9.17) is 5.26 Å². The molecule has 7 heteroatoms. The molecule has 1 aromatic carbocycles. The van der Waals surface area contributed by atoms with Gasteiger partial charge in [-0.15, -0.1) is 0 Å². The fourth-order valence-corrected chi connectivity index (χ4v) is 2.09. The lowest BCUT2D eigenvalue weighted by atomic mass is 10.0. The van der Waals surface area contributed by atoms with Gasteiger partial charge in [-0.25, -0.2) is 0 Å². The van der Waals surface area contributed by atoms with E-state index in [0.29, 0.717) is 0 Å². The van der Waals surface area contributed by atoms with Crippen LogP contribution in [0.4, 0.5) is 13.2 Å². The molecule has 0 spiro atoms. The van der Waals surface area contributed by atoms with Gasteiger partial charge in [-0.3, -0.25) is 4.79 Å². The maximum Gasteiger partial charge on any atom is 0.416 e. The Balaban J connectivity index is 3.29. The SMILES string of the molecule is CCOC(=O)Cc1c(Br)cc(C#N)cc1C(F)(F)F. The molecule has 0 unspecified atom stereocenters. The van der Waals surface area contributed by atoms with Gasteiger partial charge < -0.3 is 4.74 Å². The number of alkyl halides is 3. The second-order valence-electron chi connectivity index (χ2n) is 3.58. The van der Waals surface area contributed by atoms with Crippen LogP contribution in [-0.2, 0) is 22.1 Å². The van der Waals surface area contributed by atoms with Crippen LogP contribution in [0.25, 0.3) is 0 Å². The molecule has 0 fully saturated rings. The molecule has 0 saturated carbocycles. The topological polar surface area (TPSA) is 50.1 Å². The van der Waals surface area contributed by atoms with Crippen molar-refractivity contribution in [1.29, 1.82) is 5.26 Å². The predicted octanol–water partition coefficient (Wildman–Crippen LogP) is 3.45. The lowest BCUT2D eigenvalue weighted by Gasteiger charge is -2.14. The van der Waals surface area contributed by atoms with E-state index in [-0.39, 0.29) is 22.2 Å². The van der Waals surface area contributed by atoms with Crippen LogP contribution in [0, 0.1) is 11.3 Å². The van der Waals surface area contributed by atoms with Crippen LogP contribution in [0.3, 0.4) is 0 Å². The molecule has 0 saturated heterocycles. The summed E-state index contributed by atoms with van der Waals surface area (Å²) in [5.74, 6) is -0.751. The Kier molecular flexibility index (Phi) is 4.95. The molecule has 0 N–H and O–H groups in total. The first-order chi connectivity index (χ1) is 8.79. The van der Waals surface area contributed by atoms with Crippen molar-refractivity contribution in [3.05, 3.63) is 33.3 Å². The van der Waals surface area contributed by atoms with E-state index >= 15 is 0 Å². The minimum absolute atomic E-state index is 0.0620. The van der Waals surface area contributed by atoms with Gasteiger partial charge in [-0.1, -0.05) is 15.9 Å². The number of hydrogen-bond donors (Lipinski definition) is 0. The summed E-state index contributed by atoms with van der Waals surface area (Å²) >= 11 is 2.95. The molecule has 19 heavy (non-hydrogen) atoms. The fourth-order valence-electron chi connectivity index (χ4n) is 1.49. The molecule has 0 atom stereocenters. The maximum atomic E-state index is 12.9. The van der Waals surface area contributed by atoms with Crippen molar-refractivity contribution in [1.82, 2.24) is 0 Å². The Labute approximate surface area is 116 Å². The van der Waals surface area contributed by atoms with E-state index in [0.717, 1.165) is 6.07 Å². The van der Waals surface area contributed by atoms with Gasteiger partial charge in [0.15, 0.2) is 0 Å². The van der Waals surface area contributed by atoms with Crippen LogP contribution in [0.5, 0.6) is 0 Å². The van der Waals surface area contributed by atoms with Gasteiger partial charge in [0.25, 0.3) is 0 Å². The average Bonchev–Trinajstić information content (AvgIpc) is 2.30. The lowest BCUT2D eigenvalue weighted by molar-refractivity contribution is -0.143. The van der Waals surface area contributed by atoms with Gasteiger partial charge >= 0.3 is 12.1 Å². The van der Waals surface area contributed by atoms with Crippen LogP contribution in [0.2, 0.25) is 0 Å². The van der Waals surface area contributed by atoms with Gasteiger partial charge in [-0.2, -0.15) is 18.4 Å². The third-order valence-corrected chi connectivity index (χ3v) is 2.96. The van der Waals surface area contributed by atoms with Crippen LogP contribution in [-0.4, -0.2) is 12.6 Å². The number of carbonyl (C=O) groups excluding carboxylic acids is 1. The zero-order chi connectivity index (χ0) is 14.6. The van der Waals surface area contributed by atoms with Gasteiger partial charge in [0.2, 0.25) is 0 Å². The molecule has 0 bridgehead atoms. The Morgan fingerprint density at radius 2 is 2.11 bits per heavy atom. The first-order valence-corrected chi connectivity index (χ1v) is 6.04. The van der Waals surface area contributed by atoms with E-state index in [2.05, 4.69) is 20.7 Å². The molecule has 0 aliphatic carbocycles. The van der Waals surface area contributed by atoms with E-state index in [1.54, 1.807) is 13.0 Å². The molecule has 1 aromatic rings. The normalized spacial score (nSPS) is 10.9. The van der Waals surface area contributed by atoms with E-state index < -0.39 is 24.1 Å². The smallest absolute Gasteiger partial charge is 0.416 e. The third-order valence-electron chi connectivity index (χ3n) is 2.26. The molecule has 0 aliphatic rings. The Morgan fingerprint density at radius 3 is 2.58 bits per heavy atom. The third kappa shape index (κ3) is 3.96. The summed E-state index contributed by atoms with van der Waals surface area (Å²) < 4.78 is 43.4. The Bertz CT molecular complexity index is 535. The summed E-state index contributed by atoms with van der Waals surface area (Å²) in [6.45, 7) is 1.66. The summed E-state index contributed by atoms with van der Waals surface area (Å²) in [7, 11) is 0. The summed E-state index contributed by atoms with van der Waals surface area (Å²) in [6, 6.07) is 3.60. The van der Waals surface area contributed by atoms with Crippen molar-refractivity contribution < 1.29 is 22.7 Å². The van der Waals surface area contributed by atoms with Crippen LogP contribution in [0.15, 0.2) is 16.6 Å². The number of ether oxygens (including phenoxy) is 1. The highest BCUT2D eigenvalue weighted by Crippen LogP contribution is 2.36. The first-order valence-electron chi connectivity index (χ1n) is 5.25. The predicted molar refractivity (Wildman–Crippen MR) is 64.2 cm³/mol. The number of carbonyl (C=O) groups is 1. The van der Waals surface area contributed by atoms with Gasteiger partial charge in [0, 0.05) is 4.47 Å². The van der Waals surface area contributed by atoms with Gasteiger partial charge in [0.05, 0.1) is 30.2 Å². The van der Waals surface area contributed by atoms with Crippen molar-refractivity contribution in [2.75, 3.05) is 6.61 Å². The minimum atomic E-state index is -4.64. The maximum absolute atomic E-state index is 12.9. The summed E-state index contributed by atoms with van der Waals surface area (Å²) in [4.78, 5) is 11.3. The van der Waals surface area contributed by atoms with Gasteiger partial charge in [-0.05, 0) is 24.6 Å². The van der Waals surface area contributed by atoms with Crippen molar-refractivity contribution in [2.24, 2.45) is 0 Å². The zero-order valence-corrected chi connectivity index (χ0v) is 11.4. The number of nitriles is 1. The number of hydrogen-bond acceptors (Lipinski definition) is 3. The van der Waals surface area contributed by atoms with Crippen molar-refractivity contribution in [3.63, 3.8) is 0 Å². The second-order valence-corrected chi connectivity index (χ2v) is 4.43. The van der Waals surface area contributed by atoms with Gasteiger partial charge in [0.1, 0.15) is 0 Å². The molecule has 0 amide bonds. The lowest BCUT2D eigenvalue weighted by Crippen LogP contribution is -2.15. The molecule has 102 valence electrons. The monoisotopic (exact) mass is 335 g/mol. The second kappa shape index (κ2) is 6.06. The van der Waals surface area contributed by atoms with Crippen molar-refractivity contribution >= 4 is 21.9 Å². The standard InChI is InChI=1S/C12H9BrF3NO2/c1-2-19-11(18)5-8-9(12(14,15)16)3-7(6-17)4-10(8)13/h3-4H,2,5H2,1H3. The number of esters is 1. The summed E-state index contributed by atoms with van der Waals surface area (Å²) in [6.07, 6.45) is -5.15. The fraction of sp³-hybridized carbons (Fsp3) is 0.333. The van der Waals surface area contributed by atoms with Crippen LogP contribution >= 0.6 is 15.9 Å².